The van der Waals surface area contributed by atoms with Crippen molar-refractivity contribution in [3.05, 3.63) is 87.8 Å². The first-order chi connectivity index (χ1) is 19.0. The Bertz CT molecular complexity index is 1500. The van der Waals surface area contributed by atoms with E-state index in [1.54, 1.807) is 31.2 Å². The van der Waals surface area contributed by atoms with Gasteiger partial charge in [0.05, 0.1) is 28.5 Å². The molecule has 0 saturated carbocycles. The van der Waals surface area contributed by atoms with Crippen LogP contribution in [0, 0.1) is 13.8 Å². The largest absolute Gasteiger partial charge is 0.490 e. The maximum atomic E-state index is 13.2. The standard InChI is InChI=1S/C29H25F3N2O4S2/c1-4-37-24-14-19(15-25-27(36)34(28(39)40-25)22-11-9-17(2)13-18(22)3)10-12-23(24)38-16-26(35)33-21-8-6-5-7-20(21)29(30,31)32/h5-15H,4,16H2,1-3H3,(H,33,35)/b25-15-. The highest BCUT2D eigenvalue weighted by atomic mass is 32.2. The summed E-state index contributed by atoms with van der Waals surface area (Å²) in [6, 6.07) is 15.4. The highest BCUT2D eigenvalue weighted by Crippen LogP contribution is 2.39. The van der Waals surface area contributed by atoms with Crippen molar-refractivity contribution in [3.8, 4) is 11.5 Å². The number of amides is 2. The SMILES string of the molecule is CCOc1cc(/C=C2\SC(=S)N(c3ccc(C)cc3C)C2=O)ccc1OCC(=O)Nc1ccccc1C(F)(F)F. The summed E-state index contributed by atoms with van der Waals surface area (Å²) in [5.41, 5.74) is 2.07. The van der Waals surface area contributed by atoms with Gasteiger partial charge in [0.25, 0.3) is 11.8 Å². The number of hydrogen-bond acceptors (Lipinski definition) is 6. The molecule has 40 heavy (non-hydrogen) atoms. The molecule has 0 radical (unpaired) electrons. The highest BCUT2D eigenvalue weighted by Gasteiger charge is 2.35. The van der Waals surface area contributed by atoms with Crippen molar-refractivity contribution in [1.29, 1.82) is 0 Å². The maximum Gasteiger partial charge on any atom is 0.418 e. The summed E-state index contributed by atoms with van der Waals surface area (Å²) in [5, 5.41) is 2.24. The Balaban J connectivity index is 1.49. The maximum absolute atomic E-state index is 13.2. The van der Waals surface area contributed by atoms with Crippen molar-refractivity contribution in [2.75, 3.05) is 23.4 Å². The minimum Gasteiger partial charge on any atom is -0.490 e. The van der Waals surface area contributed by atoms with Gasteiger partial charge in [0.1, 0.15) is 0 Å². The predicted molar refractivity (Wildman–Crippen MR) is 155 cm³/mol. The molecular formula is C29H25F3N2O4S2. The second-order valence-electron chi connectivity index (χ2n) is 8.83. The summed E-state index contributed by atoms with van der Waals surface area (Å²) < 4.78 is 51.3. The summed E-state index contributed by atoms with van der Waals surface area (Å²) in [5.74, 6) is -0.472. The number of alkyl halides is 3. The van der Waals surface area contributed by atoms with Crippen LogP contribution in [0.15, 0.2) is 65.6 Å². The molecule has 0 aliphatic carbocycles. The Kier molecular flexibility index (Phi) is 8.85. The van der Waals surface area contributed by atoms with Crippen molar-refractivity contribution in [1.82, 2.24) is 0 Å². The minimum atomic E-state index is -4.62. The molecule has 6 nitrogen and oxygen atoms in total. The quantitative estimate of drug-likeness (QED) is 0.224. The van der Waals surface area contributed by atoms with Gasteiger partial charge in [-0.15, -0.1) is 0 Å². The molecule has 0 bridgehead atoms. The van der Waals surface area contributed by atoms with E-state index >= 15 is 0 Å². The van der Waals surface area contributed by atoms with Crippen molar-refractivity contribution in [3.63, 3.8) is 0 Å². The number of halogens is 3. The number of para-hydroxylation sites is 1. The molecule has 0 aromatic heterocycles. The summed E-state index contributed by atoms with van der Waals surface area (Å²) in [4.78, 5) is 27.5. The van der Waals surface area contributed by atoms with Gasteiger partial charge in [-0.3, -0.25) is 14.5 Å². The van der Waals surface area contributed by atoms with Crippen molar-refractivity contribution >= 4 is 57.6 Å². The van der Waals surface area contributed by atoms with Crippen LogP contribution in [0.25, 0.3) is 6.08 Å². The van der Waals surface area contributed by atoms with Gasteiger partial charge >= 0.3 is 6.18 Å². The lowest BCUT2D eigenvalue weighted by molar-refractivity contribution is -0.137. The van der Waals surface area contributed by atoms with Gasteiger partial charge < -0.3 is 14.8 Å². The molecule has 0 spiro atoms. The van der Waals surface area contributed by atoms with Gasteiger partial charge in [0.15, 0.2) is 22.4 Å². The van der Waals surface area contributed by atoms with Gasteiger partial charge in [-0.2, -0.15) is 13.2 Å². The molecule has 2 amide bonds. The van der Waals surface area contributed by atoms with E-state index in [1.165, 1.54) is 34.9 Å². The van der Waals surface area contributed by atoms with Crippen molar-refractivity contribution < 1.29 is 32.2 Å². The molecular weight excluding hydrogens is 561 g/mol. The van der Waals surface area contributed by atoms with E-state index in [1.807, 2.05) is 32.0 Å². The summed E-state index contributed by atoms with van der Waals surface area (Å²) in [7, 11) is 0. The van der Waals surface area contributed by atoms with Crippen LogP contribution in [0.3, 0.4) is 0 Å². The van der Waals surface area contributed by atoms with E-state index in [-0.39, 0.29) is 17.3 Å². The smallest absolute Gasteiger partial charge is 0.418 e. The molecule has 0 atom stereocenters. The van der Waals surface area contributed by atoms with E-state index in [2.05, 4.69) is 5.32 Å². The molecule has 1 fully saturated rings. The zero-order valence-corrected chi connectivity index (χ0v) is 23.4. The molecule has 4 rings (SSSR count). The lowest BCUT2D eigenvalue weighted by Crippen LogP contribution is -2.28. The van der Waals surface area contributed by atoms with E-state index < -0.39 is 24.3 Å². The van der Waals surface area contributed by atoms with Crippen LogP contribution in [0.4, 0.5) is 24.5 Å². The number of thiocarbonyl (C=S) groups is 1. The third-order valence-electron chi connectivity index (χ3n) is 5.82. The van der Waals surface area contributed by atoms with E-state index in [0.29, 0.717) is 27.1 Å². The first-order valence-electron chi connectivity index (χ1n) is 12.2. The fourth-order valence-corrected chi connectivity index (χ4v) is 5.34. The number of nitrogens with zero attached hydrogens (tertiary/aromatic N) is 1. The fourth-order valence-electron chi connectivity index (χ4n) is 4.05. The second-order valence-corrected chi connectivity index (χ2v) is 10.5. The van der Waals surface area contributed by atoms with Crippen LogP contribution < -0.4 is 19.7 Å². The number of thioether (sulfide) groups is 1. The van der Waals surface area contributed by atoms with Gasteiger partial charge in [0, 0.05) is 0 Å². The van der Waals surface area contributed by atoms with Crippen LogP contribution >= 0.6 is 24.0 Å². The lowest BCUT2D eigenvalue weighted by Gasteiger charge is -2.17. The van der Waals surface area contributed by atoms with Crippen molar-refractivity contribution in [2.45, 2.75) is 26.9 Å². The monoisotopic (exact) mass is 586 g/mol. The molecule has 208 valence electrons. The Hall–Kier alpha value is -3.83. The topological polar surface area (TPSA) is 67.9 Å². The highest BCUT2D eigenvalue weighted by molar-refractivity contribution is 8.27. The lowest BCUT2D eigenvalue weighted by atomic mass is 10.1. The van der Waals surface area contributed by atoms with E-state index in [4.69, 9.17) is 21.7 Å². The first-order valence-corrected chi connectivity index (χ1v) is 13.4. The third-order valence-corrected chi connectivity index (χ3v) is 7.12. The number of anilines is 2. The molecule has 1 N–H and O–H groups in total. The molecule has 1 aliphatic rings. The minimum absolute atomic E-state index is 0.223. The van der Waals surface area contributed by atoms with Gasteiger partial charge in [-0.05, 0) is 68.3 Å². The third kappa shape index (κ3) is 6.65. The van der Waals surface area contributed by atoms with Crippen LogP contribution in [0.5, 0.6) is 11.5 Å². The predicted octanol–water partition coefficient (Wildman–Crippen LogP) is 7.14. The summed E-state index contributed by atoms with van der Waals surface area (Å²) >= 11 is 6.68. The van der Waals surface area contributed by atoms with E-state index in [0.717, 1.165) is 22.9 Å². The number of benzene rings is 3. The van der Waals surface area contributed by atoms with Crippen LogP contribution in [-0.2, 0) is 15.8 Å². The van der Waals surface area contributed by atoms with Crippen LogP contribution in [0.1, 0.15) is 29.2 Å². The molecule has 1 aliphatic heterocycles. The van der Waals surface area contributed by atoms with Gasteiger partial charge in [-0.25, -0.2) is 0 Å². The average Bonchev–Trinajstić information content (AvgIpc) is 3.16. The number of nitrogens with one attached hydrogen (secondary N) is 1. The van der Waals surface area contributed by atoms with Gasteiger partial charge in [-0.1, -0.05) is 59.9 Å². The number of aryl methyl sites for hydroxylation is 2. The van der Waals surface area contributed by atoms with Gasteiger partial charge in [0.2, 0.25) is 0 Å². The molecule has 1 saturated heterocycles. The molecule has 3 aromatic rings. The number of carbonyl (C=O) groups is 2. The number of hydrogen-bond donors (Lipinski definition) is 1. The fraction of sp³-hybridized carbons (Fsp3) is 0.207. The van der Waals surface area contributed by atoms with Crippen LogP contribution in [0.2, 0.25) is 0 Å². The Labute approximate surface area is 239 Å². The normalized spacial score (nSPS) is 14.6. The first kappa shape index (κ1) is 29.2. The molecule has 11 heteroatoms. The number of ether oxygens (including phenoxy) is 2. The van der Waals surface area contributed by atoms with E-state index in [9.17, 15) is 22.8 Å². The Morgan fingerprint density at radius 1 is 1.05 bits per heavy atom. The average molecular weight is 587 g/mol. The number of rotatable bonds is 8. The zero-order valence-electron chi connectivity index (χ0n) is 21.8. The summed E-state index contributed by atoms with van der Waals surface area (Å²) in [6.45, 7) is 5.42. The Morgan fingerprint density at radius 2 is 1.80 bits per heavy atom. The number of carbonyl (C=O) groups excluding carboxylic acids is 2. The summed E-state index contributed by atoms with van der Waals surface area (Å²) in [6.07, 6.45) is -2.92. The zero-order chi connectivity index (χ0) is 29.0. The molecule has 0 unspecified atom stereocenters. The van der Waals surface area contributed by atoms with Crippen molar-refractivity contribution in [2.24, 2.45) is 0 Å². The molecule has 3 aromatic carbocycles. The second kappa shape index (κ2) is 12.1. The van der Waals surface area contributed by atoms with Crippen LogP contribution in [-0.4, -0.2) is 29.3 Å². The molecule has 1 heterocycles. The Morgan fingerprint density at radius 3 is 2.50 bits per heavy atom.